The minimum absolute atomic E-state index is 0.117. The van der Waals surface area contributed by atoms with Crippen molar-refractivity contribution in [2.75, 3.05) is 6.54 Å². The second-order valence-electron chi connectivity index (χ2n) is 5.28. The number of likely N-dealkylation sites (tertiary alicyclic amines) is 1. The molecule has 0 aromatic heterocycles. The zero-order chi connectivity index (χ0) is 14.7. The lowest BCUT2D eigenvalue weighted by atomic mass is 9.94. The van der Waals surface area contributed by atoms with Gasteiger partial charge in [0.05, 0.1) is 10.9 Å². The number of hydrogen-bond donors (Lipinski definition) is 1. The molecule has 0 bridgehead atoms. The number of benzene rings is 1. The summed E-state index contributed by atoms with van der Waals surface area (Å²) in [6.07, 6.45) is 0.815. The van der Waals surface area contributed by atoms with E-state index in [0.29, 0.717) is 17.8 Å². The molecule has 1 fully saturated rings. The Morgan fingerprint density at radius 3 is 2.35 bits per heavy atom. The van der Waals surface area contributed by atoms with Gasteiger partial charge in [-0.2, -0.15) is 0 Å². The summed E-state index contributed by atoms with van der Waals surface area (Å²) in [5.41, 5.74) is 6.72. The molecule has 1 aliphatic heterocycles. The Labute approximate surface area is 123 Å². The monoisotopic (exact) mass is 290 g/mol. The standard InChI is InChI=1S/C15H18N2O2S/c1-10-7-13(18)17(14(19)8-10)9-12(15(16)20)11-5-3-2-4-6-11/h2-6,10,12H,7-9H2,1H3,(H2,16,20). The maximum absolute atomic E-state index is 12.0. The first kappa shape index (κ1) is 14.7. The molecule has 1 heterocycles. The summed E-state index contributed by atoms with van der Waals surface area (Å²) in [4.78, 5) is 25.7. The summed E-state index contributed by atoms with van der Waals surface area (Å²) in [6.45, 7) is 2.15. The van der Waals surface area contributed by atoms with E-state index in [4.69, 9.17) is 18.0 Å². The highest BCUT2D eigenvalue weighted by atomic mass is 32.1. The van der Waals surface area contributed by atoms with E-state index in [1.807, 2.05) is 37.3 Å². The number of piperidine rings is 1. The Kier molecular flexibility index (Phi) is 4.49. The molecule has 0 spiro atoms. The first-order valence-corrected chi connectivity index (χ1v) is 7.07. The van der Waals surface area contributed by atoms with Gasteiger partial charge < -0.3 is 5.73 Å². The minimum Gasteiger partial charge on any atom is -0.393 e. The van der Waals surface area contributed by atoms with Crippen molar-refractivity contribution in [2.45, 2.75) is 25.7 Å². The van der Waals surface area contributed by atoms with Crippen molar-refractivity contribution in [3.05, 3.63) is 35.9 Å². The van der Waals surface area contributed by atoms with E-state index >= 15 is 0 Å². The van der Waals surface area contributed by atoms with E-state index in [1.165, 1.54) is 4.90 Å². The fourth-order valence-corrected chi connectivity index (χ4v) is 2.67. The molecule has 20 heavy (non-hydrogen) atoms. The molecule has 4 nitrogen and oxygen atoms in total. The molecule has 0 saturated carbocycles. The Balaban J connectivity index is 2.19. The number of rotatable bonds is 4. The van der Waals surface area contributed by atoms with Gasteiger partial charge in [-0.15, -0.1) is 0 Å². The van der Waals surface area contributed by atoms with Crippen molar-refractivity contribution in [1.82, 2.24) is 4.90 Å². The molecule has 2 amide bonds. The fourth-order valence-electron chi connectivity index (χ4n) is 2.46. The number of hydrogen-bond acceptors (Lipinski definition) is 3. The van der Waals surface area contributed by atoms with Crippen LogP contribution in [0.2, 0.25) is 0 Å². The molecule has 0 radical (unpaired) electrons. The highest BCUT2D eigenvalue weighted by molar-refractivity contribution is 7.80. The predicted molar refractivity (Wildman–Crippen MR) is 81.1 cm³/mol. The van der Waals surface area contributed by atoms with Gasteiger partial charge >= 0.3 is 0 Å². The van der Waals surface area contributed by atoms with Crippen LogP contribution >= 0.6 is 12.2 Å². The molecule has 1 saturated heterocycles. The van der Waals surface area contributed by atoms with Gasteiger partial charge in [0, 0.05) is 19.4 Å². The summed E-state index contributed by atoms with van der Waals surface area (Å²) in [7, 11) is 0. The lowest BCUT2D eigenvalue weighted by molar-refractivity contribution is -0.149. The maximum Gasteiger partial charge on any atom is 0.229 e. The van der Waals surface area contributed by atoms with Crippen molar-refractivity contribution in [3.8, 4) is 0 Å². The van der Waals surface area contributed by atoms with Crippen LogP contribution in [0.3, 0.4) is 0 Å². The predicted octanol–water partition coefficient (Wildman–Crippen LogP) is 1.84. The average Bonchev–Trinajstić information content (AvgIpc) is 2.38. The molecule has 2 N–H and O–H groups in total. The lowest BCUT2D eigenvalue weighted by Crippen LogP contribution is -2.46. The molecule has 1 aromatic carbocycles. The van der Waals surface area contributed by atoms with Crippen molar-refractivity contribution >= 4 is 29.0 Å². The van der Waals surface area contributed by atoms with Gasteiger partial charge in [-0.1, -0.05) is 49.5 Å². The van der Waals surface area contributed by atoms with Crippen molar-refractivity contribution < 1.29 is 9.59 Å². The fraction of sp³-hybridized carbons (Fsp3) is 0.400. The largest absolute Gasteiger partial charge is 0.393 e. The molecular weight excluding hydrogens is 272 g/mol. The van der Waals surface area contributed by atoms with E-state index in [1.54, 1.807) is 0 Å². The highest BCUT2D eigenvalue weighted by Gasteiger charge is 2.32. The van der Waals surface area contributed by atoms with Crippen LogP contribution in [0.15, 0.2) is 30.3 Å². The number of nitrogens with zero attached hydrogens (tertiary/aromatic N) is 1. The topological polar surface area (TPSA) is 63.4 Å². The maximum atomic E-state index is 12.0. The Hall–Kier alpha value is -1.75. The third kappa shape index (κ3) is 3.22. The van der Waals surface area contributed by atoms with Crippen LogP contribution in [0.25, 0.3) is 0 Å². The van der Waals surface area contributed by atoms with Crippen LogP contribution in [-0.4, -0.2) is 28.2 Å². The summed E-state index contributed by atoms with van der Waals surface area (Å²) < 4.78 is 0. The zero-order valence-electron chi connectivity index (χ0n) is 11.4. The molecule has 2 rings (SSSR count). The zero-order valence-corrected chi connectivity index (χ0v) is 12.2. The first-order valence-electron chi connectivity index (χ1n) is 6.66. The number of nitrogens with two attached hydrogens (primary N) is 1. The van der Waals surface area contributed by atoms with Gasteiger partial charge in [0.1, 0.15) is 0 Å². The lowest BCUT2D eigenvalue weighted by Gasteiger charge is -2.31. The van der Waals surface area contributed by atoms with Gasteiger partial charge in [-0.3, -0.25) is 14.5 Å². The Bertz CT molecular complexity index is 512. The van der Waals surface area contributed by atoms with E-state index in [9.17, 15) is 9.59 Å². The number of carbonyl (C=O) groups excluding carboxylic acids is 2. The van der Waals surface area contributed by atoms with E-state index in [-0.39, 0.29) is 30.2 Å². The number of imide groups is 1. The van der Waals surface area contributed by atoms with Crippen molar-refractivity contribution in [3.63, 3.8) is 0 Å². The summed E-state index contributed by atoms with van der Waals surface area (Å²) in [6, 6.07) is 9.50. The van der Waals surface area contributed by atoms with Crippen LogP contribution in [0.4, 0.5) is 0 Å². The van der Waals surface area contributed by atoms with Crippen LogP contribution < -0.4 is 5.73 Å². The van der Waals surface area contributed by atoms with Crippen LogP contribution in [-0.2, 0) is 9.59 Å². The minimum atomic E-state index is -0.285. The molecule has 0 aliphatic carbocycles. The SMILES string of the molecule is CC1CC(=O)N(CC(C(N)=S)c2ccccc2)C(=O)C1. The Morgan fingerprint density at radius 2 is 1.85 bits per heavy atom. The van der Waals surface area contributed by atoms with Crippen LogP contribution in [0.1, 0.15) is 31.2 Å². The van der Waals surface area contributed by atoms with Crippen molar-refractivity contribution in [1.29, 1.82) is 0 Å². The van der Waals surface area contributed by atoms with E-state index in [2.05, 4.69) is 0 Å². The number of amides is 2. The molecule has 1 atom stereocenters. The van der Waals surface area contributed by atoms with Gasteiger partial charge in [0.25, 0.3) is 0 Å². The smallest absolute Gasteiger partial charge is 0.229 e. The quantitative estimate of drug-likeness (QED) is 0.679. The molecule has 1 unspecified atom stereocenters. The number of carbonyl (C=O) groups is 2. The molecule has 1 aliphatic rings. The van der Waals surface area contributed by atoms with E-state index < -0.39 is 0 Å². The Morgan fingerprint density at radius 1 is 1.30 bits per heavy atom. The second kappa shape index (κ2) is 6.13. The van der Waals surface area contributed by atoms with Crippen LogP contribution in [0, 0.1) is 5.92 Å². The van der Waals surface area contributed by atoms with E-state index in [0.717, 1.165) is 5.56 Å². The van der Waals surface area contributed by atoms with Crippen LogP contribution in [0.5, 0.6) is 0 Å². The van der Waals surface area contributed by atoms with Crippen molar-refractivity contribution in [2.24, 2.45) is 11.7 Å². The van der Waals surface area contributed by atoms with Gasteiger partial charge in [0.2, 0.25) is 11.8 Å². The molecule has 5 heteroatoms. The summed E-state index contributed by atoms with van der Waals surface area (Å²) in [5, 5.41) is 0. The summed E-state index contributed by atoms with van der Waals surface area (Å²) in [5.74, 6) is -0.435. The van der Waals surface area contributed by atoms with Gasteiger partial charge in [-0.05, 0) is 11.5 Å². The molecule has 106 valence electrons. The third-order valence-corrected chi connectivity index (χ3v) is 3.84. The molecule has 1 aromatic rings. The average molecular weight is 290 g/mol. The van der Waals surface area contributed by atoms with Gasteiger partial charge in [-0.25, -0.2) is 0 Å². The second-order valence-corrected chi connectivity index (χ2v) is 5.75. The first-order chi connectivity index (χ1) is 9.49. The number of thiocarbonyl (C=S) groups is 1. The molecular formula is C15H18N2O2S. The third-order valence-electron chi connectivity index (χ3n) is 3.56. The highest BCUT2D eigenvalue weighted by Crippen LogP contribution is 2.23. The normalized spacial score (nSPS) is 18.1. The van der Waals surface area contributed by atoms with Gasteiger partial charge in [0.15, 0.2) is 0 Å². The summed E-state index contributed by atoms with van der Waals surface area (Å²) >= 11 is 5.10.